The Kier molecular flexibility index (Phi) is 5.35. The van der Waals surface area contributed by atoms with E-state index in [0.717, 1.165) is 22.6 Å². The van der Waals surface area contributed by atoms with E-state index in [1.165, 1.54) is 5.56 Å². The van der Waals surface area contributed by atoms with Gasteiger partial charge in [-0.25, -0.2) is 4.79 Å². The molecule has 26 heavy (non-hydrogen) atoms. The van der Waals surface area contributed by atoms with Gasteiger partial charge in [0.2, 0.25) is 6.79 Å². The molecule has 0 fully saturated rings. The Morgan fingerprint density at radius 3 is 2.38 bits per heavy atom. The highest BCUT2D eigenvalue weighted by Crippen LogP contribution is 2.34. The highest BCUT2D eigenvalue weighted by molar-refractivity contribution is 5.74. The molecule has 138 valence electrons. The van der Waals surface area contributed by atoms with Gasteiger partial charge in [0.1, 0.15) is 0 Å². The first-order valence-electron chi connectivity index (χ1n) is 8.94. The van der Waals surface area contributed by atoms with E-state index < -0.39 is 0 Å². The van der Waals surface area contributed by atoms with Gasteiger partial charge in [0, 0.05) is 13.6 Å². The maximum absolute atomic E-state index is 12.5. The molecule has 1 unspecified atom stereocenters. The molecule has 2 aromatic carbocycles. The third kappa shape index (κ3) is 4.10. The Bertz CT molecular complexity index is 771. The minimum absolute atomic E-state index is 0.108. The zero-order valence-corrected chi connectivity index (χ0v) is 15.8. The quantitative estimate of drug-likeness (QED) is 0.863. The first-order valence-corrected chi connectivity index (χ1v) is 8.94. The number of nitrogens with zero attached hydrogens (tertiary/aromatic N) is 1. The fourth-order valence-electron chi connectivity index (χ4n) is 2.91. The van der Waals surface area contributed by atoms with Gasteiger partial charge in [-0.05, 0) is 41.7 Å². The number of benzene rings is 2. The molecule has 1 aliphatic rings. The number of fused-ring (bicyclic) bond motifs is 1. The standard InChI is InChI=1S/C21H26N2O3/c1-14(2)17-7-5-16(6-8-17)12-23(4)21(24)22-15(3)18-9-10-19-20(11-18)26-13-25-19/h5-11,14-15H,12-13H2,1-4H3,(H,22,24). The topological polar surface area (TPSA) is 50.8 Å². The van der Waals surface area contributed by atoms with Crippen LogP contribution >= 0.6 is 0 Å². The van der Waals surface area contributed by atoms with Gasteiger partial charge in [0.25, 0.3) is 0 Å². The second kappa shape index (κ2) is 7.68. The minimum atomic E-state index is -0.122. The second-order valence-corrected chi connectivity index (χ2v) is 7.04. The zero-order valence-electron chi connectivity index (χ0n) is 15.8. The van der Waals surface area contributed by atoms with Crippen molar-refractivity contribution in [1.29, 1.82) is 0 Å². The van der Waals surface area contributed by atoms with Gasteiger partial charge in [-0.3, -0.25) is 0 Å². The van der Waals surface area contributed by atoms with Crippen molar-refractivity contribution < 1.29 is 14.3 Å². The highest BCUT2D eigenvalue weighted by Gasteiger charge is 2.18. The molecule has 0 aromatic heterocycles. The summed E-state index contributed by atoms with van der Waals surface area (Å²) in [6.07, 6.45) is 0. The Morgan fingerprint density at radius 2 is 1.69 bits per heavy atom. The van der Waals surface area contributed by atoms with Crippen molar-refractivity contribution in [3.63, 3.8) is 0 Å². The first kappa shape index (κ1) is 18.1. The predicted octanol–water partition coefficient (Wildman–Crippen LogP) is 4.44. The van der Waals surface area contributed by atoms with Crippen LogP contribution in [0.2, 0.25) is 0 Å². The van der Waals surface area contributed by atoms with Crippen molar-refractivity contribution >= 4 is 6.03 Å². The molecule has 1 aliphatic heterocycles. The van der Waals surface area contributed by atoms with Crippen LogP contribution in [0.1, 0.15) is 49.4 Å². The minimum Gasteiger partial charge on any atom is -0.454 e. The Balaban J connectivity index is 1.58. The molecule has 0 spiro atoms. The van der Waals surface area contributed by atoms with Gasteiger partial charge in [0.05, 0.1) is 6.04 Å². The molecule has 0 aliphatic carbocycles. The van der Waals surface area contributed by atoms with Crippen LogP contribution in [0.3, 0.4) is 0 Å². The molecule has 1 heterocycles. The highest BCUT2D eigenvalue weighted by atomic mass is 16.7. The number of carbonyl (C=O) groups is 1. The van der Waals surface area contributed by atoms with Crippen molar-refractivity contribution in [3.05, 3.63) is 59.2 Å². The molecule has 2 aromatic rings. The Hall–Kier alpha value is -2.69. The number of urea groups is 1. The average Bonchev–Trinajstić information content (AvgIpc) is 3.09. The van der Waals surface area contributed by atoms with Gasteiger partial charge in [-0.2, -0.15) is 0 Å². The molecule has 2 amide bonds. The van der Waals surface area contributed by atoms with Crippen molar-refractivity contribution in [2.45, 2.75) is 39.3 Å². The van der Waals surface area contributed by atoms with Gasteiger partial charge in [-0.1, -0.05) is 44.2 Å². The van der Waals surface area contributed by atoms with E-state index in [4.69, 9.17) is 9.47 Å². The molecule has 5 heteroatoms. The van der Waals surface area contributed by atoms with Crippen molar-refractivity contribution in [1.82, 2.24) is 10.2 Å². The largest absolute Gasteiger partial charge is 0.454 e. The molecule has 1 N–H and O–H groups in total. The first-order chi connectivity index (χ1) is 12.4. The van der Waals surface area contributed by atoms with Gasteiger partial charge >= 0.3 is 6.03 Å². The van der Waals surface area contributed by atoms with Crippen LogP contribution in [0, 0.1) is 0 Å². The van der Waals surface area contributed by atoms with E-state index in [1.807, 2.05) is 25.1 Å². The number of ether oxygens (including phenoxy) is 2. The summed E-state index contributed by atoms with van der Waals surface area (Å²) in [5, 5.41) is 3.03. The SMILES string of the molecule is CC(C)c1ccc(CN(C)C(=O)NC(C)c2ccc3c(c2)OCO3)cc1. The van der Waals surface area contributed by atoms with Crippen LogP contribution < -0.4 is 14.8 Å². The van der Waals surface area contributed by atoms with Crippen LogP contribution in [0.15, 0.2) is 42.5 Å². The van der Waals surface area contributed by atoms with Crippen LogP contribution in [0.25, 0.3) is 0 Å². The molecular weight excluding hydrogens is 328 g/mol. The predicted molar refractivity (Wildman–Crippen MR) is 102 cm³/mol. The van der Waals surface area contributed by atoms with E-state index in [1.54, 1.807) is 11.9 Å². The van der Waals surface area contributed by atoms with Crippen molar-refractivity contribution in [3.8, 4) is 11.5 Å². The number of hydrogen-bond acceptors (Lipinski definition) is 3. The summed E-state index contributed by atoms with van der Waals surface area (Å²) < 4.78 is 10.7. The average molecular weight is 354 g/mol. The summed E-state index contributed by atoms with van der Waals surface area (Å²) in [6.45, 7) is 7.12. The maximum atomic E-state index is 12.5. The third-order valence-electron chi connectivity index (χ3n) is 4.65. The van der Waals surface area contributed by atoms with Crippen LogP contribution in [0.4, 0.5) is 4.79 Å². The lowest BCUT2D eigenvalue weighted by atomic mass is 10.0. The molecule has 0 radical (unpaired) electrons. The molecule has 0 bridgehead atoms. The second-order valence-electron chi connectivity index (χ2n) is 7.04. The summed E-state index contributed by atoms with van der Waals surface area (Å²) >= 11 is 0. The van der Waals surface area contributed by atoms with E-state index >= 15 is 0 Å². The molecular formula is C21H26N2O3. The number of rotatable bonds is 5. The van der Waals surface area contributed by atoms with E-state index in [-0.39, 0.29) is 18.9 Å². The molecule has 5 nitrogen and oxygen atoms in total. The van der Waals surface area contributed by atoms with Crippen LogP contribution in [-0.2, 0) is 6.54 Å². The van der Waals surface area contributed by atoms with E-state index in [0.29, 0.717) is 12.5 Å². The number of hydrogen-bond donors (Lipinski definition) is 1. The normalized spacial score (nSPS) is 13.6. The number of nitrogens with one attached hydrogen (secondary N) is 1. The Morgan fingerprint density at radius 1 is 1.04 bits per heavy atom. The van der Waals surface area contributed by atoms with Crippen LogP contribution in [0.5, 0.6) is 11.5 Å². The van der Waals surface area contributed by atoms with Crippen molar-refractivity contribution in [2.75, 3.05) is 13.8 Å². The summed E-state index contributed by atoms with van der Waals surface area (Å²) in [5.74, 6) is 1.98. The third-order valence-corrected chi connectivity index (χ3v) is 4.65. The Labute approximate surface area is 154 Å². The molecule has 1 atom stereocenters. The lowest BCUT2D eigenvalue weighted by Gasteiger charge is -2.22. The van der Waals surface area contributed by atoms with E-state index in [9.17, 15) is 4.79 Å². The summed E-state index contributed by atoms with van der Waals surface area (Å²) in [6, 6.07) is 13.9. The summed E-state index contributed by atoms with van der Waals surface area (Å²) in [7, 11) is 1.80. The van der Waals surface area contributed by atoms with E-state index in [2.05, 4.69) is 43.4 Å². The summed E-state index contributed by atoms with van der Waals surface area (Å²) in [5.41, 5.74) is 3.40. The van der Waals surface area contributed by atoms with Crippen molar-refractivity contribution in [2.24, 2.45) is 0 Å². The van der Waals surface area contributed by atoms with Crippen LogP contribution in [-0.4, -0.2) is 24.8 Å². The molecule has 0 saturated carbocycles. The zero-order chi connectivity index (χ0) is 18.7. The lowest BCUT2D eigenvalue weighted by Crippen LogP contribution is -2.38. The fourth-order valence-corrected chi connectivity index (χ4v) is 2.91. The smallest absolute Gasteiger partial charge is 0.317 e. The monoisotopic (exact) mass is 354 g/mol. The van der Waals surface area contributed by atoms with Gasteiger partial charge in [-0.15, -0.1) is 0 Å². The van der Waals surface area contributed by atoms with Gasteiger partial charge in [0.15, 0.2) is 11.5 Å². The van der Waals surface area contributed by atoms with Gasteiger partial charge < -0.3 is 19.7 Å². The fraction of sp³-hybridized carbons (Fsp3) is 0.381. The number of amides is 2. The number of carbonyl (C=O) groups excluding carboxylic acids is 1. The molecule has 0 saturated heterocycles. The summed E-state index contributed by atoms with van der Waals surface area (Å²) in [4.78, 5) is 14.2. The lowest BCUT2D eigenvalue weighted by molar-refractivity contribution is 0.174. The molecule has 3 rings (SSSR count). The maximum Gasteiger partial charge on any atom is 0.317 e.